The Balaban J connectivity index is 0.00000392. The summed E-state index contributed by atoms with van der Waals surface area (Å²) in [6, 6.07) is -0.754. The smallest absolute Gasteiger partial charge is 0.384 e. The van der Waals surface area contributed by atoms with Gasteiger partial charge in [-0.1, -0.05) is 40.0 Å². The van der Waals surface area contributed by atoms with Crippen molar-refractivity contribution in [2.24, 2.45) is 11.3 Å². The summed E-state index contributed by atoms with van der Waals surface area (Å²) in [5.74, 6) is -1.49. The Hall–Kier alpha value is -1.67. The highest BCUT2D eigenvalue weighted by Gasteiger charge is 2.33. The maximum atomic E-state index is 12.9. The highest BCUT2D eigenvalue weighted by atomic mass is 35.5. The summed E-state index contributed by atoms with van der Waals surface area (Å²) in [4.78, 5) is 37.5. The molecule has 1 fully saturated rings. The molecule has 160 valence electrons. The van der Waals surface area contributed by atoms with Crippen molar-refractivity contribution in [3.8, 4) is 0 Å². The maximum absolute atomic E-state index is 12.9. The lowest BCUT2D eigenvalue weighted by Crippen LogP contribution is -2.46. The summed E-state index contributed by atoms with van der Waals surface area (Å²) >= 11 is 0. The van der Waals surface area contributed by atoms with E-state index < -0.39 is 17.6 Å². The van der Waals surface area contributed by atoms with Gasteiger partial charge in [-0.15, -0.1) is 17.5 Å². The van der Waals surface area contributed by atoms with Gasteiger partial charge in [0.2, 0.25) is 11.7 Å². The number of hydrogen-bond donors (Lipinski definition) is 2. The molecule has 0 aliphatic heterocycles. The molecular formula is C19H33ClN4O4. The van der Waals surface area contributed by atoms with Gasteiger partial charge < -0.3 is 15.1 Å². The van der Waals surface area contributed by atoms with Gasteiger partial charge >= 0.3 is 5.76 Å². The molecule has 0 spiro atoms. The minimum absolute atomic E-state index is 0. The molecule has 0 saturated heterocycles. The lowest BCUT2D eigenvalue weighted by atomic mass is 9.85. The molecule has 2 rings (SSSR count). The molecule has 2 N–H and O–H groups in total. The molecule has 0 bridgehead atoms. The fourth-order valence-corrected chi connectivity index (χ4v) is 3.39. The van der Waals surface area contributed by atoms with Crippen LogP contribution >= 0.6 is 12.4 Å². The van der Waals surface area contributed by atoms with Gasteiger partial charge in [-0.3, -0.25) is 9.59 Å². The van der Waals surface area contributed by atoms with Gasteiger partial charge in [0.15, 0.2) is 0 Å². The molecule has 1 amide bonds. The number of likely N-dealkylation sites (N-methyl/N-ethyl adjacent to an activating group) is 1. The number of hydrogen-bond acceptors (Lipinski definition) is 6. The lowest BCUT2D eigenvalue weighted by Gasteiger charge is -2.27. The van der Waals surface area contributed by atoms with Crippen LogP contribution in [0.2, 0.25) is 0 Å². The number of carbonyl (C=O) groups excluding carboxylic acids is 2. The largest absolute Gasteiger partial charge is 0.437 e. The van der Waals surface area contributed by atoms with E-state index in [1.807, 2.05) is 20.8 Å². The molecule has 28 heavy (non-hydrogen) atoms. The predicted octanol–water partition coefficient (Wildman–Crippen LogP) is 2.16. The average Bonchev–Trinajstić information content (AvgIpc) is 2.99. The second-order valence-corrected chi connectivity index (χ2v) is 8.52. The van der Waals surface area contributed by atoms with Gasteiger partial charge in [0, 0.05) is 12.5 Å². The van der Waals surface area contributed by atoms with Crippen molar-refractivity contribution in [2.45, 2.75) is 71.9 Å². The van der Waals surface area contributed by atoms with Crippen molar-refractivity contribution in [1.29, 1.82) is 0 Å². The number of rotatable bonds is 8. The van der Waals surface area contributed by atoms with E-state index in [4.69, 9.17) is 4.42 Å². The molecule has 8 nitrogen and oxygen atoms in total. The summed E-state index contributed by atoms with van der Waals surface area (Å²) in [7, 11) is 1.76. The summed E-state index contributed by atoms with van der Waals surface area (Å²) < 4.78 is 6.19. The second-order valence-electron chi connectivity index (χ2n) is 8.52. The molecule has 0 radical (unpaired) electrons. The first-order valence-corrected chi connectivity index (χ1v) is 9.78. The number of nitrogens with one attached hydrogen (secondary N) is 2. The van der Waals surface area contributed by atoms with Crippen molar-refractivity contribution in [1.82, 2.24) is 20.4 Å². The Labute approximate surface area is 172 Å². The van der Waals surface area contributed by atoms with Crippen LogP contribution < -0.4 is 16.4 Å². The van der Waals surface area contributed by atoms with Gasteiger partial charge in [-0.05, 0) is 31.7 Å². The van der Waals surface area contributed by atoms with Crippen LogP contribution in [0.4, 0.5) is 0 Å². The number of Topliss-reactive ketones (excluding diaryl/α,β-unsaturated/α-hetero) is 1. The first kappa shape index (κ1) is 24.4. The van der Waals surface area contributed by atoms with Crippen LogP contribution in [0, 0.1) is 11.3 Å². The van der Waals surface area contributed by atoms with Crippen LogP contribution in [0.3, 0.4) is 0 Å². The fourth-order valence-electron chi connectivity index (χ4n) is 3.39. The quantitative estimate of drug-likeness (QED) is 0.629. The zero-order valence-corrected chi connectivity index (χ0v) is 18.1. The number of aromatic nitrogens is 2. The van der Waals surface area contributed by atoms with E-state index in [1.54, 1.807) is 7.05 Å². The van der Waals surface area contributed by atoms with Crippen LogP contribution in [-0.4, -0.2) is 41.1 Å². The van der Waals surface area contributed by atoms with E-state index in [0.717, 1.165) is 36.8 Å². The van der Waals surface area contributed by atoms with Crippen molar-refractivity contribution in [2.75, 3.05) is 13.6 Å². The fraction of sp³-hybridized carbons (Fsp3) is 0.789. The number of ketones is 1. The third-order valence-electron chi connectivity index (χ3n) is 4.82. The minimum Gasteiger partial charge on any atom is -0.384 e. The van der Waals surface area contributed by atoms with E-state index in [0.29, 0.717) is 19.5 Å². The number of amides is 1. The second kappa shape index (κ2) is 10.8. The molecule has 1 atom stereocenters. The van der Waals surface area contributed by atoms with Crippen molar-refractivity contribution >= 4 is 24.1 Å². The van der Waals surface area contributed by atoms with Crippen LogP contribution in [0.5, 0.6) is 0 Å². The maximum Gasteiger partial charge on any atom is 0.437 e. The molecule has 1 unspecified atom stereocenters. The number of carbonyl (C=O) groups is 2. The van der Waals surface area contributed by atoms with E-state index in [2.05, 4.69) is 15.7 Å². The Morgan fingerprint density at radius 3 is 2.46 bits per heavy atom. The van der Waals surface area contributed by atoms with Crippen LogP contribution in [0.25, 0.3) is 0 Å². The molecule has 1 aromatic rings. The van der Waals surface area contributed by atoms with E-state index in [-0.39, 0.29) is 35.5 Å². The lowest BCUT2D eigenvalue weighted by molar-refractivity contribution is -0.126. The van der Waals surface area contributed by atoms with Gasteiger partial charge in [0.1, 0.15) is 0 Å². The van der Waals surface area contributed by atoms with Gasteiger partial charge in [-0.2, -0.15) is 4.68 Å². The van der Waals surface area contributed by atoms with Gasteiger partial charge in [-0.25, -0.2) is 4.79 Å². The van der Waals surface area contributed by atoms with E-state index >= 15 is 0 Å². The van der Waals surface area contributed by atoms with Gasteiger partial charge in [0.05, 0.1) is 12.6 Å². The van der Waals surface area contributed by atoms with Crippen molar-refractivity contribution < 1.29 is 14.0 Å². The van der Waals surface area contributed by atoms with Crippen LogP contribution in [0.15, 0.2) is 9.21 Å². The first-order valence-electron chi connectivity index (χ1n) is 9.78. The Kier molecular flexibility index (Phi) is 9.36. The Morgan fingerprint density at radius 1 is 1.25 bits per heavy atom. The van der Waals surface area contributed by atoms with E-state index in [1.165, 1.54) is 0 Å². The monoisotopic (exact) mass is 416 g/mol. The molecule has 0 aromatic carbocycles. The predicted molar refractivity (Wildman–Crippen MR) is 109 cm³/mol. The number of nitrogens with zero attached hydrogens (tertiary/aromatic N) is 2. The first-order chi connectivity index (χ1) is 12.7. The van der Waals surface area contributed by atoms with Gasteiger partial charge in [0.25, 0.3) is 5.89 Å². The molecule has 1 aliphatic carbocycles. The summed E-state index contributed by atoms with van der Waals surface area (Å²) in [6.07, 6.45) is 5.40. The molecule has 1 aliphatic rings. The third-order valence-corrected chi connectivity index (χ3v) is 4.82. The van der Waals surface area contributed by atoms with Crippen molar-refractivity contribution in [3.63, 3.8) is 0 Å². The molecule has 1 saturated carbocycles. The van der Waals surface area contributed by atoms with Crippen LogP contribution in [0.1, 0.15) is 70.0 Å². The molecule has 9 heteroatoms. The highest BCUT2D eigenvalue weighted by molar-refractivity contribution is 5.98. The molecule has 1 heterocycles. The zero-order valence-electron chi connectivity index (χ0n) is 17.2. The summed E-state index contributed by atoms with van der Waals surface area (Å²) in [5, 5.41) is 9.83. The molecular weight excluding hydrogens is 384 g/mol. The average molecular weight is 417 g/mol. The standard InChI is InChI=1S/C19H32N4O4.ClH/c1-19(2,3)12-14(21-16(25)13-8-6-5-7-9-13)15(24)17-22-23(11-10-20-4)18(26)27-17;/h13-14,20H,5-12H2,1-4H3,(H,21,25);1H. The van der Waals surface area contributed by atoms with E-state index in [9.17, 15) is 14.4 Å². The minimum atomic E-state index is -0.754. The molecule has 1 aromatic heterocycles. The Morgan fingerprint density at radius 2 is 1.89 bits per heavy atom. The highest BCUT2D eigenvalue weighted by Crippen LogP contribution is 2.26. The SMILES string of the molecule is CNCCn1nc(C(=O)C(CC(C)(C)C)NC(=O)C2CCCCC2)oc1=O.Cl. The Bertz CT molecular complexity index is 702. The summed E-state index contributed by atoms with van der Waals surface area (Å²) in [6.45, 7) is 6.85. The number of halogens is 1. The summed E-state index contributed by atoms with van der Waals surface area (Å²) in [5.41, 5.74) is -0.185. The normalized spacial score (nSPS) is 16.3. The van der Waals surface area contributed by atoms with Crippen LogP contribution in [-0.2, 0) is 11.3 Å². The third kappa shape index (κ3) is 7.05. The zero-order chi connectivity index (χ0) is 20.0. The topological polar surface area (TPSA) is 106 Å². The van der Waals surface area contributed by atoms with Crippen molar-refractivity contribution in [3.05, 3.63) is 16.4 Å².